The Morgan fingerprint density at radius 3 is 3.06 bits per heavy atom. The first kappa shape index (κ1) is 11.2. The van der Waals surface area contributed by atoms with Crippen molar-refractivity contribution < 1.29 is 5.11 Å². The van der Waals surface area contributed by atoms with Crippen LogP contribution in [0, 0.1) is 12.8 Å². The smallest absolute Gasteiger partial charge is 0.149 e. The Morgan fingerprint density at radius 1 is 1.56 bits per heavy atom. The molecular formula is C12H19N3O. The third-order valence-corrected chi connectivity index (χ3v) is 3.27. The summed E-state index contributed by atoms with van der Waals surface area (Å²) in [6, 6.07) is 2.22. The number of nitrogens with zero attached hydrogens (tertiary/aromatic N) is 1. The molecule has 2 rings (SSSR count). The highest BCUT2D eigenvalue weighted by atomic mass is 16.3. The van der Waals surface area contributed by atoms with E-state index in [0.29, 0.717) is 17.6 Å². The molecule has 4 nitrogen and oxygen atoms in total. The highest BCUT2D eigenvalue weighted by Gasteiger charge is 2.27. The number of nitrogen functional groups attached to an aromatic ring is 1. The van der Waals surface area contributed by atoms with E-state index in [1.807, 2.05) is 19.2 Å². The van der Waals surface area contributed by atoms with Gasteiger partial charge in [0.1, 0.15) is 5.82 Å². The van der Waals surface area contributed by atoms with Crippen LogP contribution < -0.4 is 11.1 Å². The van der Waals surface area contributed by atoms with Gasteiger partial charge in [0.25, 0.3) is 0 Å². The van der Waals surface area contributed by atoms with Crippen molar-refractivity contribution in [3.63, 3.8) is 0 Å². The molecule has 2 atom stereocenters. The summed E-state index contributed by atoms with van der Waals surface area (Å²) in [7, 11) is 0. The van der Waals surface area contributed by atoms with Gasteiger partial charge in [-0.05, 0) is 31.4 Å². The van der Waals surface area contributed by atoms with Gasteiger partial charge >= 0.3 is 0 Å². The molecule has 0 amide bonds. The van der Waals surface area contributed by atoms with Crippen LogP contribution in [0.25, 0.3) is 0 Å². The van der Waals surface area contributed by atoms with Crippen molar-refractivity contribution >= 4 is 11.5 Å². The molecule has 1 heterocycles. The molecule has 0 bridgehead atoms. The molecular weight excluding hydrogens is 202 g/mol. The Hall–Kier alpha value is -1.29. The van der Waals surface area contributed by atoms with E-state index in [9.17, 15) is 5.11 Å². The van der Waals surface area contributed by atoms with Crippen molar-refractivity contribution in [3.05, 3.63) is 17.8 Å². The van der Waals surface area contributed by atoms with E-state index in [2.05, 4.69) is 10.3 Å². The normalized spacial score (nSPS) is 24.6. The van der Waals surface area contributed by atoms with Crippen LogP contribution in [-0.2, 0) is 0 Å². The van der Waals surface area contributed by atoms with Crippen LogP contribution in [0.2, 0.25) is 0 Å². The van der Waals surface area contributed by atoms with Crippen molar-refractivity contribution in [1.82, 2.24) is 4.98 Å². The van der Waals surface area contributed by atoms with Gasteiger partial charge in [0, 0.05) is 24.8 Å². The maximum Gasteiger partial charge on any atom is 0.149 e. The molecule has 1 aromatic rings. The topological polar surface area (TPSA) is 71.2 Å². The molecule has 0 saturated heterocycles. The van der Waals surface area contributed by atoms with Gasteiger partial charge in [0.15, 0.2) is 0 Å². The minimum absolute atomic E-state index is 0.240. The first-order chi connectivity index (χ1) is 7.70. The van der Waals surface area contributed by atoms with Crippen LogP contribution in [0.3, 0.4) is 0 Å². The van der Waals surface area contributed by atoms with Crippen LogP contribution in [0.4, 0.5) is 11.5 Å². The number of hydrogen-bond donors (Lipinski definition) is 3. The maximum atomic E-state index is 9.24. The molecule has 1 aliphatic rings. The van der Waals surface area contributed by atoms with Gasteiger partial charge in [-0.15, -0.1) is 0 Å². The van der Waals surface area contributed by atoms with E-state index in [-0.39, 0.29) is 6.61 Å². The minimum Gasteiger partial charge on any atom is -0.396 e. The van der Waals surface area contributed by atoms with E-state index in [0.717, 1.165) is 30.6 Å². The van der Waals surface area contributed by atoms with Crippen LogP contribution >= 0.6 is 0 Å². The third-order valence-electron chi connectivity index (χ3n) is 3.27. The van der Waals surface area contributed by atoms with Crippen LogP contribution in [0.5, 0.6) is 0 Å². The highest BCUT2D eigenvalue weighted by Crippen LogP contribution is 2.29. The largest absolute Gasteiger partial charge is 0.396 e. The lowest BCUT2D eigenvalue weighted by Gasteiger charge is -2.20. The number of anilines is 2. The van der Waals surface area contributed by atoms with Crippen molar-refractivity contribution in [2.45, 2.75) is 32.2 Å². The maximum absolute atomic E-state index is 9.24. The van der Waals surface area contributed by atoms with Crippen LogP contribution in [0.1, 0.15) is 24.8 Å². The number of pyridine rings is 1. The molecule has 2 unspecified atom stereocenters. The van der Waals surface area contributed by atoms with Crippen molar-refractivity contribution in [3.8, 4) is 0 Å². The molecule has 1 aromatic heterocycles. The molecule has 1 saturated carbocycles. The van der Waals surface area contributed by atoms with Crippen molar-refractivity contribution in [2.24, 2.45) is 5.92 Å². The molecule has 0 spiro atoms. The summed E-state index contributed by atoms with van der Waals surface area (Å²) in [4.78, 5) is 4.29. The van der Waals surface area contributed by atoms with Gasteiger partial charge < -0.3 is 16.2 Å². The average molecular weight is 221 g/mol. The van der Waals surface area contributed by atoms with Gasteiger partial charge in [-0.1, -0.05) is 6.42 Å². The quantitative estimate of drug-likeness (QED) is 0.724. The number of nitrogens with one attached hydrogen (secondary N) is 1. The lowest BCUT2D eigenvalue weighted by atomic mass is 10.1. The Kier molecular flexibility index (Phi) is 3.29. The molecule has 0 aromatic carbocycles. The molecule has 0 radical (unpaired) electrons. The second kappa shape index (κ2) is 4.70. The molecule has 1 fully saturated rings. The predicted molar refractivity (Wildman–Crippen MR) is 65.2 cm³/mol. The number of nitrogens with two attached hydrogens (primary N) is 1. The highest BCUT2D eigenvalue weighted by molar-refractivity contribution is 5.62. The molecule has 88 valence electrons. The minimum atomic E-state index is 0.240. The van der Waals surface area contributed by atoms with Gasteiger partial charge in [0.2, 0.25) is 0 Å². The molecule has 1 aliphatic carbocycles. The summed E-state index contributed by atoms with van der Waals surface area (Å²) in [5.74, 6) is 1.08. The molecule has 16 heavy (non-hydrogen) atoms. The average Bonchev–Trinajstić information content (AvgIpc) is 2.69. The zero-order valence-corrected chi connectivity index (χ0v) is 9.61. The number of hydrogen-bond acceptors (Lipinski definition) is 4. The Labute approximate surface area is 95.9 Å². The number of aromatic nitrogens is 1. The van der Waals surface area contributed by atoms with Gasteiger partial charge in [0.05, 0.1) is 5.69 Å². The summed E-state index contributed by atoms with van der Waals surface area (Å²) in [5, 5.41) is 12.6. The van der Waals surface area contributed by atoms with E-state index in [4.69, 9.17) is 5.73 Å². The Balaban J connectivity index is 2.08. The van der Waals surface area contributed by atoms with Crippen molar-refractivity contribution in [2.75, 3.05) is 17.7 Å². The third kappa shape index (κ3) is 2.27. The SMILES string of the molecule is Cc1cnc(NC2CCCC2CO)c(N)c1. The second-order valence-electron chi connectivity index (χ2n) is 4.57. The molecule has 4 heteroatoms. The fourth-order valence-corrected chi connectivity index (χ4v) is 2.33. The van der Waals surface area contributed by atoms with Gasteiger partial charge in [-0.2, -0.15) is 0 Å². The van der Waals surface area contributed by atoms with E-state index >= 15 is 0 Å². The van der Waals surface area contributed by atoms with E-state index < -0.39 is 0 Å². The first-order valence-corrected chi connectivity index (χ1v) is 5.80. The summed E-state index contributed by atoms with van der Waals surface area (Å²) in [6.07, 6.45) is 5.14. The zero-order chi connectivity index (χ0) is 11.5. The van der Waals surface area contributed by atoms with Crippen LogP contribution in [0.15, 0.2) is 12.3 Å². The molecule has 0 aliphatic heterocycles. The number of aryl methyl sites for hydroxylation is 1. The van der Waals surface area contributed by atoms with Gasteiger partial charge in [-0.25, -0.2) is 4.98 Å². The standard InChI is InChI=1S/C12H19N3O/c1-8-5-10(13)12(14-6-8)15-11-4-2-3-9(11)7-16/h5-6,9,11,16H,2-4,7,13H2,1H3,(H,14,15). The lowest BCUT2D eigenvalue weighted by molar-refractivity contribution is 0.222. The summed E-state index contributed by atoms with van der Waals surface area (Å²) in [6.45, 7) is 2.21. The van der Waals surface area contributed by atoms with E-state index in [1.165, 1.54) is 0 Å². The summed E-state index contributed by atoms with van der Waals surface area (Å²) in [5.41, 5.74) is 7.65. The molecule has 4 N–H and O–H groups in total. The van der Waals surface area contributed by atoms with Crippen LogP contribution in [-0.4, -0.2) is 22.7 Å². The lowest BCUT2D eigenvalue weighted by Crippen LogP contribution is -2.27. The Morgan fingerprint density at radius 2 is 2.38 bits per heavy atom. The van der Waals surface area contributed by atoms with Gasteiger partial charge in [-0.3, -0.25) is 0 Å². The first-order valence-electron chi connectivity index (χ1n) is 5.80. The number of aliphatic hydroxyl groups excluding tert-OH is 1. The number of rotatable bonds is 3. The van der Waals surface area contributed by atoms with E-state index in [1.54, 1.807) is 0 Å². The van der Waals surface area contributed by atoms with Crippen molar-refractivity contribution in [1.29, 1.82) is 0 Å². The number of aliphatic hydroxyl groups is 1. The Bertz CT molecular complexity index is 367. The summed E-state index contributed by atoms with van der Waals surface area (Å²) < 4.78 is 0. The fraction of sp³-hybridized carbons (Fsp3) is 0.583. The monoisotopic (exact) mass is 221 g/mol. The fourth-order valence-electron chi connectivity index (χ4n) is 2.33. The zero-order valence-electron chi connectivity index (χ0n) is 9.61. The summed E-state index contributed by atoms with van der Waals surface area (Å²) >= 11 is 0. The predicted octanol–water partition coefficient (Wildman–Crippen LogP) is 1.55. The second-order valence-corrected chi connectivity index (χ2v) is 4.57.